The molecule has 0 amide bonds. The fourth-order valence-corrected chi connectivity index (χ4v) is 2.17. The summed E-state index contributed by atoms with van der Waals surface area (Å²) in [7, 11) is 0. The summed E-state index contributed by atoms with van der Waals surface area (Å²) in [5, 5.41) is 0. The summed E-state index contributed by atoms with van der Waals surface area (Å²) in [6.45, 7) is 6.45. The lowest BCUT2D eigenvalue weighted by Crippen LogP contribution is -2.53. The first-order valence-electron chi connectivity index (χ1n) is 5.00. The molecule has 0 spiro atoms. The molecule has 2 rings (SSSR count). The molecule has 2 nitrogen and oxygen atoms in total. The molecule has 0 aromatic carbocycles. The van der Waals surface area contributed by atoms with Crippen LogP contribution in [0.4, 0.5) is 0 Å². The predicted octanol–water partition coefficient (Wildman–Crippen LogP) is 1.98. The molecule has 2 saturated heterocycles. The zero-order valence-corrected chi connectivity index (χ0v) is 8.01. The van der Waals surface area contributed by atoms with Gasteiger partial charge in [0.25, 0.3) is 0 Å². The predicted molar refractivity (Wildman–Crippen MR) is 47.1 cm³/mol. The Morgan fingerprint density at radius 3 is 1.75 bits per heavy atom. The van der Waals surface area contributed by atoms with Crippen LogP contribution in [0.3, 0.4) is 0 Å². The number of rotatable bonds is 3. The average molecular weight is 170 g/mol. The molecule has 0 aromatic rings. The van der Waals surface area contributed by atoms with Crippen LogP contribution in [0.2, 0.25) is 0 Å². The van der Waals surface area contributed by atoms with Crippen molar-refractivity contribution >= 4 is 0 Å². The summed E-state index contributed by atoms with van der Waals surface area (Å²) >= 11 is 0. The highest BCUT2D eigenvalue weighted by molar-refractivity contribution is 4.95. The molecule has 12 heavy (non-hydrogen) atoms. The lowest BCUT2D eigenvalue weighted by Gasteiger charge is -2.50. The summed E-state index contributed by atoms with van der Waals surface area (Å²) in [6.07, 6.45) is 4.55. The highest BCUT2D eigenvalue weighted by Gasteiger charge is 2.46. The van der Waals surface area contributed by atoms with E-state index in [4.69, 9.17) is 9.47 Å². The molecular weight excluding hydrogens is 152 g/mol. The van der Waals surface area contributed by atoms with Crippen LogP contribution in [0, 0.1) is 5.41 Å². The van der Waals surface area contributed by atoms with Gasteiger partial charge in [0.1, 0.15) is 0 Å². The molecule has 0 N–H and O–H groups in total. The molecule has 0 radical (unpaired) electrons. The third-order valence-corrected chi connectivity index (χ3v) is 3.63. The van der Waals surface area contributed by atoms with Crippen LogP contribution in [-0.4, -0.2) is 25.4 Å². The van der Waals surface area contributed by atoms with Gasteiger partial charge < -0.3 is 9.47 Å². The Morgan fingerprint density at radius 1 is 1.17 bits per heavy atom. The molecular formula is C10H18O2. The van der Waals surface area contributed by atoms with E-state index in [0.29, 0.717) is 12.2 Å². The van der Waals surface area contributed by atoms with Gasteiger partial charge in [-0.3, -0.25) is 0 Å². The summed E-state index contributed by atoms with van der Waals surface area (Å²) in [5.74, 6) is 0. The third kappa shape index (κ3) is 1.09. The van der Waals surface area contributed by atoms with E-state index in [1.165, 1.54) is 19.3 Å². The van der Waals surface area contributed by atoms with Crippen LogP contribution in [0.25, 0.3) is 0 Å². The molecule has 0 aromatic heterocycles. The van der Waals surface area contributed by atoms with E-state index in [2.05, 4.69) is 13.8 Å². The molecule has 70 valence electrons. The van der Waals surface area contributed by atoms with Crippen LogP contribution in [0.1, 0.15) is 33.1 Å². The summed E-state index contributed by atoms with van der Waals surface area (Å²) in [4.78, 5) is 0. The molecule has 0 aliphatic carbocycles. The average Bonchev–Trinajstić information content (AvgIpc) is 1.79. The number of hydrogen-bond acceptors (Lipinski definition) is 2. The molecule has 0 saturated carbocycles. The van der Waals surface area contributed by atoms with Gasteiger partial charge in [-0.1, -0.05) is 13.8 Å². The number of ether oxygens (including phenoxy) is 2. The van der Waals surface area contributed by atoms with Crippen LogP contribution in [-0.2, 0) is 9.47 Å². The minimum Gasteiger partial charge on any atom is -0.377 e. The molecule has 2 unspecified atom stereocenters. The fourth-order valence-electron chi connectivity index (χ4n) is 2.17. The van der Waals surface area contributed by atoms with E-state index in [0.717, 1.165) is 13.2 Å². The zero-order chi connectivity index (χ0) is 8.60. The van der Waals surface area contributed by atoms with E-state index in [-0.39, 0.29) is 5.41 Å². The highest BCUT2D eigenvalue weighted by atomic mass is 16.5. The van der Waals surface area contributed by atoms with E-state index >= 15 is 0 Å². The quantitative estimate of drug-likeness (QED) is 0.644. The van der Waals surface area contributed by atoms with Crippen molar-refractivity contribution in [2.75, 3.05) is 13.2 Å². The largest absolute Gasteiger partial charge is 0.377 e. The van der Waals surface area contributed by atoms with Crippen LogP contribution >= 0.6 is 0 Å². The van der Waals surface area contributed by atoms with E-state index in [1.807, 2.05) is 0 Å². The Balaban J connectivity index is 2.00. The Hall–Kier alpha value is -0.0800. The van der Waals surface area contributed by atoms with Crippen molar-refractivity contribution in [3.8, 4) is 0 Å². The maximum absolute atomic E-state index is 5.56. The molecule has 2 aliphatic rings. The van der Waals surface area contributed by atoms with Gasteiger partial charge >= 0.3 is 0 Å². The van der Waals surface area contributed by atoms with Gasteiger partial charge in [-0.2, -0.15) is 0 Å². The minimum absolute atomic E-state index is 0.288. The smallest absolute Gasteiger partial charge is 0.0675 e. The van der Waals surface area contributed by atoms with E-state index < -0.39 is 0 Å². The lowest BCUT2D eigenvalue weighted by atomic mass is 9.71. The van der Waals surface area contributed by atoms with Crippen molar-refractivity contribution in [2.45, 2.75) is 45.3 Å². The molecule has 2 atom stereocenters. The summed E-state index contributed by atoms with van der Waals surface area (Å²) in [6, 6.07) is 0. The zero-order valence-electron chi connectivity index (χ0n) is 8.01. The Kier molecular flexibility index (Phi) is 2.13. The molecule has 0 bridgehead atoms. The second-order valence-electron chi connectivity index (χ2n) is 4.16. The first kappa shape index (κ1) is 8.52. The van der Waals surface area contributed by atoms with E-state index in [1.54, 1.807) is 0 Å². The van der Waals surface area contributed by atoms with Crippen LogP contribution in [0.5, 0.6) is 0 Å². The van der Waals surface area contributed by atoms with Crippen molar-refractivity contribution in [2.24, 2.45) is 5.41 Å². The van der Waals surface area contributed by atoms with Crippen molar-refractivity contribution in [3.63, 3.8) is 0 Å². The summed E-state index contributed by atoms with van der Waals surface area (Å²) < 4.78 is 11.1. The van der Waals surface area contributed by atoms with Crippen LogP contribution < -0.4 is 0 Å². The third-order valence-electron chi connectivity index (χ3n) is 3.63. The Morgan fingerprint density at radius 2 is 1.58 bits per heavy atom. The fraction of sp³-hybridized carbons (Fsp3) is 1.00. The van der Waals surface area contributed by atoms with E-state index in [9.17, 15) is 0 Å². The second-order valence-corrected chi connectivity index (χ2v) is 4.16. The normalized spacial score (nSPS) is 39.5. The van der Waals surface area contributed by atoms with Crippen molar-refractivity contribution in [1.82, 2.24) is 0 Å². The van der Waals surface area contributed by atoms with Gasteiger partial charge in [-0.15, -0.1) is 0 Å². The summed E-state index contributed by atoms with van der Waals surface area (Å²) in [5.41, 5.74) is 0.288. The topological polar surface area (TPSA) is 18.5 Å². The van der Waals surface area contributed by atoms with Gasteiger partial charge in [-0.05, 0) is 19.3 Å². The van der Waals surface area contributed by atoms with Gasteiger partial charge in [0, 0.05) is 18.6 Å². The minimum atomic E-state index is 0.288. The molecule has 2 aliphatic heterocycles. The molecule has 2 heteroatoms. The maximum Gasteiger partial charge on any atom is 0.0675 e. The standard InChI is InChI=1S/C10H18O2/c1-3-10(2,8-4-6-11-8)9-5-7-12-9/h8-9H,3-7H2,1-2H3. The monoisotopic (exact) mass is 170 g/mol. The van der Waals surface area contributed by atoms with Crippen molar-refractivity contribution in [3.05, 3.63) is 0 Å². The van der Waals surface area contributed by atoms with Crippen molar-refractivity contribution < 1.29 is 9.47 Å². The Bertz CT molecular complexity index is 145. The van der Waals surface area contributed by atoms with Crippen molar-refractivity contribution in [1.29, 1.82) is 0 Å². The van der Waals surface area contributed by atoms with Gasteiger partial charge in [0.2, 0.25) is 0 Å². The maximum atomic E-state index is 5.56. The number of hydrogen-bond donors (Lipinski definition) is 0. The SMILES string of the molecule is CCC(C)(C1CCO1)C1CCO1. The Labute approximate surface area is 74.2 Å². The molecule has 2 heterocycles. The second kappa shape index (κ2) is 3.00. The highest BCUT2D eigenvalue weighted by Crippen LogP contribution is 2.43. The van der Waals surface area contributed by atoms with Gasteiger partial charge in [0.15, 0.2) is 0 Å². The first-order chi connectivity index (χ1) is 5.77. The molecule has 2 fully saturated rings. The first-order valence-corrected chi connectivity index (χ1v) is 5.00. The lowest BCUT2D eigenvalue weighted by molar-refractivity contribution is -0.208. The van der Waals surface area contributed by atoms with Gasteiger partial charge in [0.05, 0.1) is 12.2 Å². The van der Waals surface area contributed by atoms with Crippen LogP contribution in [0.15, 0.2) is 0 Å². The van der Waals surface area contributed by atoms with Gasteiger partial charge in [-0.25, -0.2) is 0 Å².